The summed E-state index contributed by atoms with van der Waals surface area (Å²) in [6, 6.07) is 0.536. The van der Waals surface area contributed by atoms with Crippen LogP contribution in [0.1, 0.15) is 40.5 Å². The van der Waals surface area contributed by atoms with Crippen LogP contribution < -0.4 is 5.84 Å². The van der Waals surface area contributed by atoms with Crippen LogP contribution in [0.25, 0.3) is 0 Å². The van der Waals surface area contributed by atoms with Crippen LogP contribution in [0.2, 0.25) is 0 Å². The van der Waals surface area contributed by atoms with Gasteiger partial charge < -0.3 is 0 Å². The molecule has 0 aromatic rings. The zero-order chi connectivity index (χ0) is 8.65. The Kier molecular flexibility index (Phi) is 2.26. The molecule has 1 aliphatic rings. The molecule has 0 spiro atoms. The topological polar surface area (TPSA) is 29.3 Å². The zero-order valence-electron chi connectivity index (χ0n) is 8.09. The maximum Gasteiger partial charge on any atom is 0.0301 e. The first-order chi connectivity index (χ1) is 4.93. The molecule has 0 bridgehead atoms. The minimum atomic E-state index is 0.192. The molecule has 0 amide bonds. The Balaban J connectivity index is 2.67. The van der Waals surface area contributed by atoms with Gasteiger partial charge in [0.1, 0.15) is 0 Å². The Labute approximate surface area is 69.7 Å². The highest BCUT2D eigenvalue weighted by atomic mass is 15.5. The number of hydrazine groups is 1. The maximum absolute atomic E-state index is 5.95. The molecule has 0 aromatic heterocycles. The summed E-state index contributed by atoms with van der Waals surface area (Å²) < 4.78 is 0. The second-order valence-corrected chi connectivity index (χ2v) is 4.61. The number of nitrogens with two attached hydrogens (primary N) is 1. The summed E-state index contributed by atoms with van der Waals surface area (Å²) in [6.07, 6.45) is 2.45. The molecular weight excluding hydrogens is 136 g/mol. The van der Waals surface area contributed by atoms with E-state index >= 15 is 0 Å². The van der Waals surface area contributed by atoms with E-state index in [1.54, 1.807) is 0 Å². The molecule has 2 N–H and O–H groups in total. The van der Waals surface area contributed by atoms with E-state index in [4.69, 9.17) is 5.84 Å². The van der Waals surface area contributed by atoms with Crippen LogP contribution in [0.15, 0.2) is 0 Å². The molecule has 2 nitrogen and oxygen atoms in total. The third-order valence-electron chi connectivity index (χ3n) is 2.77. The van der Waals surface area contributed by atoms with Gasteiger partial charge in [-0.15, -0.1) is 0 Å². The van der Waals surface area contributed by atoms with E-state index in [1.165, 1.54) is 12.8 Å². The molecule has 1 heterocycles. The van der Waals surface area contributed by atoms with Crippen LogP contribution in [0, 0.1) is 5.92 Å². The van der Waals surface area contributed by atoms with Gasteiger partial charge in [-0.05, 0) is 39.5 Å². The van der Waals surface area contributed by atoms with Crippen molar-refractivity contribution >= 4 is 0 Å². The second kappa shape index (κ2) is 2.76. The molecule has 66 valence electrons. The largest absolute Gasteiger partial charge is 0.268 e. The Morgan fingerprint density at radius 2 is 1.91 bits per heavy atom. The summed E-state index contributed by atoms with van der Waals surface area (Å²) in [5.74, 6) is 6.77. The van der Waals surface area contributed by atoms with Crippen LogP contribution in [0.3, 0.4) is 0 Å². The van der Waals surface area contributed by atoms with E-state index in [2.05, 4.69) is 27.7 Å². The Bertz CT molecular complexity index is 142. The van der Waals surface area contributed by atoms with Crippen molar-refractivity contribution < 1.29 is 0 Å². The smallest absolute Gasteiger partial charge is 0.0301 e. The quantitative estimate of drug-likeness (QED) is 0.541. The lowest BCUT2D eigenvalue weighted by molar-refractivity contribution is 0.00739. The van der Waals surface area contributed by atoms with Gasteiger partial charge in [0.2, 0.25) is 0 Å². The lowest BCUT2D eigenvalue weighted by Gasteiger charge is -2.46. The molecule has 2 atom stereocenters. The van der Waals surface area contributed by atoms with Crippen LogP contribution in [0.5, 0.6) is 0 Å². The minimum Gasteiger partial charge on any atom is -0.268 e. The van der Waals surface area contributed by atoms with E-state index < -0.39 is 0 Å². The molecule has 0 saturated carbocycles. The van der Waals surface area contributed by atoms with E-state index in [-0.39, 0.29) is 5.54 Å². The fourth-order valence-corrected chi connectivity index (χ4v) is 2.33. The van der Waals surface area contributed by atoms with Gasteiger partial charge in [0.25, 0.3) is 0 Å². The standard InChI is InChI=1S/C9H20N2/c1-7-5-8(2)11(10)9(3,4)6-7/h7-8H,5-6,10H2,1-4H3. The zero-order valence-corrected chi connectivity index (χ0v) is 8.09. The molecule has 2 heteroatoms. The molecule has 0 aromatic carbocycles. The third kappa shape index (κ3) is 1.74. The van der Waals surface area contributed by atoms with Gasteiger partial charge in [-0.2, -0.15) is 0 Å². The van der Waals surface area contributed by atoms with Gasteiger partial charge >= 0.3 is 0 Å². The van der Waals surface area contributed by atoms with Gasteiger partial charge in [-0.3, -0.25) is 5.84 Å². The fraction of sp³-hybridized carbons (Fsp3) is 1.00. The lowest BCUT2D eigenvalue weighted by Crippen LogP contribution is -2.57. The summed E-state index contributed by atoms with van der Waals surface area (Å²) in [5.41, 5.74) is 0.192. The second-order valence-electron chi connectivity index (χ2n) is 4.61. The van der Waals surface area contributed by atoms with Crippen molar-refractivity contribution in [1.82, 2.24) is 5.01 Å². The summed E-state index contributed by atoms with van der Waals surface area (Å²) in [5, 5.41) is 2.01. The lowest BCUT2D eigenvalue weighted by atomic mass is 9.82. The van der Waals surface area contributed by atoms with Gasteiger partial charge in [0.05, 0.1) is 0 Å². The van der Waals surface area contributed by atoms with Crippen molar-refractivity contribution in [2.75, 3.05) is 0 Å². The summed E-state index contributed by atoms with van der Waals surface area (Å²) >= 11 is 0. The molecule has 0 aliphatic carbocycles. The third-order valence-corrected chi connectivity index (χ3v) is 2.77. The molecule has 0 radical (unpaired) electrons. The fourth-order valence-electron chi connectivity index (χ4n) is 2.33. The first-order valence-corrected chi connectivity index (χ1v) is 4.47. The number of piperidine rings is 1. The molecule has 11 heavy (non-hydrogen) atoms. The highest BCUT2D eigenvalue weighted by Crippen LogP contribution is 2.32. The van der Waals surface area contributed by atoms with E-state index in [9.17, 15) is 0 Å². The van der Waals surface area contributed by atoms with E-state index in [0.29, 0.717) is 6.04 Å². The molecular formula is C9H20N2. The molecule has 1 aliphatic heterocycles. The minimum absolute atomic E-state index is 0.192. The van der Waals surface area contributed by atoms with E-state index in [1.807, 2.05) is 5.01 Å². The van der Waals surface area contributed by atoms with E-state index in [0.717, 1.165) is 5.92 Å². The number of nitrogens with zero attached hydrogens (tertiary/aromatic N) is 1. The monoisotopic (exact) mass is 156 g/mol. The molecule has 1 saturated heterocycles. The normalized spacial score (nSPS) is 39.0. The molecule has 2 unspecified atom stereocenters. The first kappa shape index (κ1) is 9.01. The SMILES string of the molecule is CC1CC(C)N(N)C(C)(C)C1. The van der Waals surface area contributed by atoms with Crippen molar-refractivity contribution in [3.63, 3.8) is 0 Å². The van der Waals surface area contributed by atoms with Crippen LogP contribution in [-0.2, 0) is 0 Å². The van der Waals surface area contributed by atoms with Crippen LogP contribution in [0.4, 0.5) is 0 Å². The maximum atomic E-state index is 5.95. The highest BCUT2D eigenvalue weighted by molar-refractivity contribution is 4.88. The van der Waals surface area contributed by atoms with Gasteiger partial charge in [-0.1, -0.05) is 6.92 Å². The van der Waals surface area contributed by atoms with Crippen molar-refractivity contribution in [2.24, 2.45) is 11.8 Å². The Morgan fingerprint density at radius 1 is 1.36 bits per heavy atom. The summed E-state index contributed by atoms with van der Waals surface area (Å²) in [6.45, 7) is 8.96. The Hall–Kier alpha value is -0.0800. The Morgan fingerprint density at radius 3 is 2.36 bits per heavy atom. The van der Waals surface area contributed by atoms with Gasteiger partial charge in [0, 0.05) is 11.6 Å². The van der Waals surface area contributed by atoms with Crippen molar-refractivity contribution in [2.45, 2.75) is 52.1 Å². The number of rotatable bonds is 0. The van der Waals surface area contributed by atoms with Crippen molar-refractivity contribution in [3.8, 4) is 0 Å². The first-order valence-electron chi connectivity index (χ1n) is 4.47. The van der Waals surface area contributed by atoms with Gasteiger partial charge in [-0.25, -0.2) is 5.01 Å². The number of hydrogen-bond donors (Lipinski definition) is 1. The predicted molar refractivity (Wildman–Crippen MR) is 48.0 cm³/mol. The van der Waals surface area contributed by atoms with Crippen molar-refractivity contribution in [1.29, 1.82) is 0 Å². The molecule has 1 rings (SSSR count). The van der Waals surface area contributed by atoms with Crippen molar-refractivity contribution in [3.05, 3.63) is 0 Å². The summed E-state index contributed by atoms with van der Waals surface area (Å²) in [4.78, 5) is 0. The highest BCUT2D eigenvalue weighted by Gasteiger charge is 2.35. The average Bonchev–Trinajstić information content (AvgIpc) is 1.81. The van der Waals surface area contributed by atoms with Crippen LogP contribution >= 0.6 is 0 Å². The molecule has 1 fully saturated rings. The summed E-state index contributed by atoms with van der Waals surface area (Å²) in [7, 11) is 0. The predicted octanol–water partition coefficient (Wildman–Crippen LogP) is 1.76. The number of hydrogen-bond acceptors (Lipinski definition) is 2. The average molecular weight is 156 g/mol. The van der Waals surface area contributed by atoms with Crippen LogP contribution in [-0.4, -0.2) is 16.6 Å². The van der Waals surface area contributed by atoms with Gasteiger partial charge in [0.15, 0.2) is 0 Å².